The summed E-state index contributed by atoms with van der Waals surface area (Å²) in [5.41, 5.74) is 0. The fraction of sp³-hybridized carbons (Fsp3) is 0.636. The number of aryl methyl sites for hydroxylation is 1. The summed E-state index contributed by atoms with van der Waals surface area (Å²) in [5, 5.41) is 16.7. The van der Waals surface area contributed by atoms with Crippen LogP contribution >= 0.6 is 0 Å². The van der Waals surface area contributed by atoms with Gasteiger partial charge in [-0.2, -0.15) is 0 Å². The topological polar surface area (TPSA) is 88.3 Å². The largest absolute Gasteiger partial charge is 0.481 e. The summed E-state index contributed by atoms with van der Waals surface area (Å²) in [6.45, 7) is 3.58. The standard InChI is InChI=1S/C11H16N4O3/c1-2-14-7-12-13-9(14)3-4-15-6-8(11(17)18)5-10(15)16/h7-8H,2-6H2,1H3,(H,17,18)/t8-/m1/s1. The second-order valence-corrected chi connectivity index (χ2v) is 4.36. The zero-order valence-electron chi connectivity index (χ0n) is 10.2. The lowest BCUT2D eigenvalue weighted by Gasteiger charge is -2.15. The van der Waals surface area contributed by atoms with E-state index in [1.165, 1.54) is 0 Å². The highest BCUT2D eigenvalue weighted by Crippen LogP contribution is 2.18. The third kappa shape index (κ3) is 2.49. The third-order valence-corrected chi connectivity index (χ3v) is 3.21. The van der Waals surface area contributed by atoms with Gasteiger partial charge in [0.25, 0.3) is 0 Å². The number of carbonyl (C=O) groups is 2. The normalized spacial score (nSPS) is 19.5. The number of hydrogen-bond acceptors (Lipinski definition) is 4. The first kappa shape index (κ1) is 12.5. The summed E-state index contributed by atoms with van der Waals surface area (Å²) in [7, 11) is 0. The van der Waals surface area contributed by atoms with Crippen molar-refractivity contribution >= 4 is 11.9 Å². The van der Waals surface area contributed by atoms with Gasteiger partial charge in [-0.05, 0) is 6.92 Å². The molecule has 0 aromatic carbocycles. The SMILES string of the molecule is CCn1cnnc1CCN1C[C@H](C(=O)O)CC1=O. The van der Waals surface area contributed by atoms with E-state index < -0.39 is 11.9 Å². The van der Waals surface area contributed by atoms with E-state index in [-0.39, 0.29) is 12.3 Å². The van der Waals surface area contributed by atoms with Crippen LogP contribution in [-0.2, 0) is 22.6 Å². The van der Waals surface area contributed by atoms with E-state index in [2.05, 4.69) is 10.2 Å². The predicted molar refractivity (Wildman–Crippen MR) is 61.7 cm³/mol. The molecule has 98 valence electrons. The molecule has 2 heterocycles. The van der Waals surface area contributed by atoms with E-state index in [9.17, 15) is 9.59 Å². The first-order chi connectivity index (χ1) is 8.61. The fourth-order valence-corrected chi connectivity index (χ4v) is 2.13. The quantitative estimate of drug-likeness (QED) is 0.782. The number of nitrogens with zero attached hydrogens (tertiary/aromatic N) is 4. The molecule has 1 aliphatic heterocycles. The van der Waals surface area contributed by atoms with Crippen molar-refractivity contribution in [1.29, 1.82) is 0 Å². The Morgan fingerprint density at radius 2 is 2.39 bits per heavy atom. The van der Waals surface area contributed by atoms with Crippen LogP contribution in [0.5, 0.6) is 0 Å². The number of carboxylic acid groups (broad SMARTS) is 1. The molecule has 1 aromatic heterocycles. The molecule has 2 rings (SSSR count). The van der Waals surface area contributed by atoms with E-state index in [1.807, 2.05) is 11.5 Å². The van der Waals surface area contributed by atoms with Crippen LogP contribution in [-0.4, -0.2) is 49.7 Å². The van der Waals surface area contributed by atoms with Gasteiger partial charge in [-0.15, -0.1) is 10.2 Å². The average Bonchev–Trinajstić information content (AvgIpc) is 2.92. The Morgan fingerprint density at radius 1 is 1.61 bits per heavy atom. The van der Waals surface area contributed by atoms with Gasteiger partial charge in [0.2, 0.25) is 5.91 Å². The third-order valence-electron chi connectivity index (χ3n) is 3.21. The molecule has 1 aromatic rings. The number of aliphatic carboxylic acids is 1. The van der Waals surface area contributed by atoms with Gasteiger partial charge in [-0.3, -0.25) is 9.59 Å². The number of likely N-dealkylation sites (tertiary alicyclic amines) is 1. The summed E-state index contributed by atoms with van der Waals surface area (Å²) >= 11 is 0. The minimum atomic E-state index is -0.900. The maximum absolute atomic E-state index is 11.6. The maximum Gasteiger partial charge on any atom is 0.308 e. The predicted octanol–water partition coefficient (Wildman–Crippen LogP) is -0.226. The van der Waals surface area contributed by atoms with Crippen molar-refractivity contribution in [2.45, 2.75) is 26.3 Å². The van der Waals surface area contributed by atoms with E-state index >= 15 is 0 Å². The molecular weight excluding hydrogens is 236 g/mol. The van der Waals surface area contributed by atoms with Crippen LogP contribution in [0.3, 0.4) is 0 Å². The smallest absolute Gasteiger partial charge is 0.308 e. The Labute approximate surface area is 104 Å². The van der Waals surface area contributed by atoms with Crippen LogP contribution in [0.25, 0.3) is 0 Å². The summed E-state index contributed by atoms with van der Waals surface area (Å²) < 4.78 is 1.91. The van der Waals surface area contributed by atoms with E-state index in [0.29, 0.717) is 19.5 Å². The van der Waals surface area contributed by atoms with Gasteiger partial charge in [-0.25, -0.2) is 0 Å². The number of aromatic nitrogens is 3. The van der Waals surface area contributed by atoms with Gasteiger partial charge in [0.05, 0.1) is 5.92 Å². The van der Waals surface area contributed by atoms with Gasteiger partial charge in [-0.1, -0.05) is 0 Å². The first-order valence-electron chi connectivity index (χ1n) is 5.99. The number of amides is 1. The Kier molecular flexibility index (Phi) is 3.59. The van der Waals surface area contributed by atoms with Crippen LogP contribution in [0, 0.1) is 5.92 Å². The molecule has 1 fully saturated rings. The molecule has 0 spiro atoms. The minimum absolute atomic E-state index is 0.0926. The first-order valence-corrected chi connectivity index (χ1v) is 5.99. The van der Waals surface area contributed by atoms with E-state index in [4.69, 9.17) is 5.11 Å². The highest BCUT2D eigenvalue weighted by atomic mass is 16.4. The van der Waals surface area contributed by atoms with Crippen molar-refractivity contribution in [2.75, 3.05) is 13.1 Å². The molecule has 1 aliphatic rings. The highest BCUT2D eigenvalue weighted by Gasteiger charge is 2.33. The van der Waals surface area contributed by atoms with Crippen molar-refractivity contribution in [3.8, 4) is 0 Å². The molecule has 7 nitrogen and oxygen atoms in total. The molecule has 1 atom stereocenters. The Balaban J connectivity index is 1.91. The number of carboxylic acids is 1. The number of carbonyl (C=O) groups excluding carboxylic acids is 1. The Hall–Kier alpha value is -1.92. The van der Waals surface area contributed by atoms with Crippen molar-refractivity contribution in [3.63, 3.8) is 0 Å². The molecule has 1 saturated heterocycles. The summed E-state index contributed by atoms with van der Waals surface area (Å²) in [6.07, 6.45) is 2.36. The lowest BCUT2D eigenvalue weighted by Crippen LogP contribution is -2.29. The zero-order valence-corrected chi connectivity index (χ0v) is 10.2. The molecule has 0 unspecified atom stereocenters. The van der Waals surface area contributed by atoms with Crippen LogP contribution in [0.2, 0.25) is 0 Å². The highest BCUT2D eigenvalue weighted by molar-refractivity contribution is 5.86. The van der Waals surface area contributed by atoms with Crippen LogP contribution < -0.4 is 0 Å². The molecule has 0 bridgehead atoms. The molecule has 1 amide bonds. The number of rotatable bonds is 5. The molecule has 18 heavy (non-hydrogen) atoms. The molecule has 7 heteroatoms. The van der Waals surface area contributed by atoms with E-state index in [1.54, 1.807) is 11.2 Å². The van der Waals surface area contributed by atoms with Crippen LogP contribution in [0.4, 0.5) is 0 Å². The Morgan fingerprint density at radius 3 is 3.00 bits per heavy atom. The summed E-state index contributed by atoms with van der Waals surface area (Å²) in [5.74, 6) is -0.738. The van der Waals surface area contributed by atoms with Gasteiger partial charge < -0.3 is 14.6 Å². The summed E-state index contributed by atoms with van der Waals surface area (Å²) in [6, 6.07) is 0. The van der Waals surface area contributed by atoms with Crippen molar-refractivity contribution in [1.82, 2.24) is 19.7 Å². The minimum Gasteiger partial charge on any atom is -0.481 e. The second-order valence-electron chi connectivity index (χ2n) is 4.36. The monoisotopic (exact) mass is 252 g/mol. The van der Waals surface area contributed by atoms with Gasteiger partial charge in [0.1, 0.15) is 12.2 Å². The van der Waals surface area contributed by atoms with Gasteiger partial charge in [0.15, 0.2) is 0 Å². The maximum atomic E-state index is 11.6. The van der Waals surface area contributed by atoms with Crippen LogP contribution in [0.1, 0.15) is 19.2 Å². The van der Waals surface area contributed by atoms with Gasteiger partial charge >= 0.3 is 5.97 Å². The molecular formula is C11H16N4O3. The van der Waals surface area contributed by atoms with Crippen molar-refractivity contribution < 1.29 is 14.7 Å². The van der Waals surface area contributed by atoms with Gasteiger partial charge in [0, 0.05) is 32.5 Å². The second kappa shape index (κ2) is 5.16. The zero-order chi connectivity index (χ0) is 13.1. The lowest BCUT2D eigenvalue weighted by molar-refractivity contribution is -0.141. The molecule has 0 saturated carbocycles. The lowest BCUT2D eigenvalue weighted by atomic mass is 10.1. The molecule has 0 aliphatic carbocycles. The summed E-state index contributed by atoms with van der Waals surface area (Å²) in [4.78, 5) is 24.0. The molecule has 1 N–H and O–H groups in total. The Bertz CT molecular complexity index is 457. The van der Waals surface area contributed by atoms with Crippen molar-refractivity contribution in [3.05, 3.63) is 12.2 Å². The average molecular weight is 252 g/mol. The number of hydrogen-bond donors (Lipinski definition) is 1. The van der Waals surface area contributed by atoms with E-state index in [0.717, 1.165) is 12.4 Å². The molecule has 0 radical (unpaired) electrons. The fourth-order valence-electron chi connectivity index (χ4n) is 2.13. The van der Waals surface area contributed by atoms with Crippen molar-refractivity contribution in [2.24, 2.45) is 5.92 Å². The van der Waals surface area contributed by atoms with Crippen LogP contribution in [0.15, 0.2) is 6.33 Å².